The van der Waals surface area contributed by atoms with Crippen LogP contribution in [0, 0.1) is 0 Å². The van der Waals surface area contributed by atoms with Gasteiger partial charge in [-0.25, -0.2) is 0 Å². The van der Waals surface area contributed by atoms with Gasteiger partial charge in [0.2, 0.25) is 0 Å². The molecule has 0 aliphatic heterocycles. The van der Waals surface area contributed by atoms with Crippen LogP contribution in [0.5, 0.6) is 0 Å². The summed E-state index contributed by atoms with van der Waals surface area (Å²) in [5.74, 6) is 0. The topological polar surface area (TPSA) is 3.24 Å². The highest BCUT2D eigenvalue weighted by Crippen LogP contribution is 2.63. The molecule has 0 saturated heterocycles. The number of hydrogen-bond acceptors (Lipinski definition) is 1. The lowest BCUT2D eigenvalue weighted by molar-refractivity contribution is 0.796. The second kappa shape index (κ2) is 11.2. The van der Waals surface area contributed by atoms with E-state index in [0.29, 0.717) is 0 Å². The summed E-state index contributed by atoms with van der Waals surface area (Å²) in [6.45, 7) is 0. The van der Waals surface area contributed by atoms with Gasteiger partial charge in [0.05, 0.1) is 11.1 Å². The van der Waals surface area contributed by atoms with E-state index in [-0.39, 0.29) is 0 Å². The number of hydrogen-bond donors (Lipinski definition) is 0. The fourth-order valence-electron chi connectivity index (χ4n) is 9.23. The molecule has 1 nitrogen and oxygen atoms in total. The molecule has 0 fully saturated rings. The van der Waals surface area contributed by atoms with Crippen molar-refractivity contribution in [1.29, 1.82) is 0 Å². The molecule has 1 heteroatoms. The summed E-state index contributed by atoms with van der Waals surface area (Å²) < 4.78 is 0. The van der Waals surface area contributed by atoms with Gasteiger partial charge in [0.1, 0.15) is 0 Å². The smallest absolute Gasteiger partial charge is 0.0725 e. The molecule has 0 amide bonds. The Bertz CT molecular complexity index is 2800. The maximum Gasteiger partial charge on any atom is 0.0725 e. The molecule has 11 rings (SSSR count). The largest absolute Gasteiger partial charge is 0.310 e. The van der Waals surface area contributed by atoms with E-state index in [1.807, 2.05) is 0 Å². The van der Waals surface area contributed by atoms with Crippen molar-refractivity contribution in [2.45, 2.75) is 5.41 Å². The minimum atomic E-state index is -0.412. The van der Waals surface area contributed by atoms with Gasteiger partial charge in [0.15, 0.2) is 0 Å². The van der Waals surface area contributed by atoms with Gasteiger partial charge in [0, 0.05) is 16.9 Å². The Balaban J connectivity index is 1.19. The maximum absolute atomic E-state index is 2.50. The van der Waals surface area contributed by atoms with Crippen LogP contribution in [-0.2, 0) is 5.41 Å². The Morgan fingerprint density at radius 1 is 0.288 bits per heavy atom. The van der Waals surface area contributed by atoms with Crippen LogP contribution in [0.15, 0.2) is 200 Å². The molecule has 0 bridgehead atoms. The SMILES string of the molecule is c1ccc(-c2ccccc2N(c2ccccc2)c2ccc3cc4c(cc3c2)C2(c3ccccc3-c3ccccc32)c2cc3ccccc3cc2-4)cc1. The van der Waals surface area contributed by atoms with Crippen molar-refractivity contribution in [1.82, 2.24) is 0 Å². The van der Waals surface area contributed by atoms with E-state index in [2.05, 4.69) is 205 Å². The molecule has 0 radical (unpaired) electrons. The zero-order chi connectivity index (χ0) is 34.2. The fraction of sp³-hybridized carbons (Fsp3) is 0.0196. The summed E-state index contributed by atoms with van der Waals surface area (Å²) in [6.07, 6.45) is 0. The molecule has 9 aromatic carbocycles. The van der Waals surface area contributed by atoms with E-state index in [0.717, 1.165) is 17.1 Å². The first kappa shape index (κ1) is 29.1. The molecule has 0 atom stereocenters. The van der Waals surface area contributed by atoms with Crippen LogP contribution in [0.2, 0.25) is 0 Å². The summed E-state index contributed by atoms with van der Waals surface area (Å²) in [4.78, 5) is 2.41. The maximum atomic E-state index is 2.50. The van der Waals surface area contributed by atoms with Crippen LogP contribution >= 0.6 is 0 Å². The monoisotopic (exact) mass is 659 g/mol. The molecule has 2 aliphatic rings. The van der Waals surface area contributed by atoms with Crippen molar-refractivity contribution in [3.63, 3.8) is 0 Å². The Kier molecular flexibility index (Phi) is 6.23. The Hall–Kier alpha value is -6.70. The summed E-state index contributed by atoms with van der Waals surface area (Å²) >= 11 is 0. The lowest BCUT2D eigenvalue weighted by Gasteiger charge is -2.31. The van der Waals surface area contributed by atoms with Gasteiger partial charge in [0.25, 0.3) is 0 Å². The summed E-state index contributed by atoms with van der Waals surface area (Å²) in [6, 6.07) is 74.0. The van der Waals surface area contributed by atoms with Gasteiger partial charge in [-0.3, -0.25) is 0 Å². The second-order valence-corrected chi connectivity index (χ2v) is 14.1. The molecule has 0 heterocycles. The Morgan fingerprint density at radius 3 is 1.46 bits per heavy atom. The average molecular weight is 660 g/mol. The quantitative estimate of drug-likeness (QED) is 0.182. The van der Waals surface area contributed by atoms with Crippen LogP contribution in [0.4, 0.5) is 17.1 Å². The van der Waals surface area contributed by atoms with Crippen molar-refractivity contribution in [3.8, 4) is 33.4 Å². The minimum Gasteiger partial charge on any atom is -0.310 e. The van der Waals surface area contributed by atoms with Gasteiger partial charge in [-0.1, -0.05) is 146 Å². The zero-order valence-electron chi connectivity index (χ0n) is 28.5. The molecule has 1 spiro atoms. The van der Waals surface area contributed by atoms with Crippen molar-refractivity contribution in [2.24, 2.45) is 0 Å². The third-order valence-electron chi connectivity index (χ3n) is 11.4. The van der Waals surface area contributed by atoms with Crippen molar-refractivity contribution < 1.29 is 0 Å². The summed E-state index contributed by atoms with van der Waals surface area (Å²) in [7, 11) is 0. The lowest BCUT2D eigenvalue weighted by atomic mass is 9.70. The third-order valence-corrected chi connectivity index (χ3v) is 11.4. The van der Waals surface area contributed by atoms with E-state index in [1.165, 1.54) is 77.2 Å². The van der Waals surface area contributed by atoms with Crippen LogP contribution in [-0.4, -0.2) is 0 Å². The van der Waals surface area contributed by atoms with Crippen LogP contribution in [0.25, 0.3) is 54.9 Å². The molecule has 9 aromatic rings. The van der Waals surface area contributed by atoms with E-state index >= 15 is 0 Å². The fourth-order valence-corrected chi connectivity index (χ4v) is 9.23. The highest BCUT2D eigenvalue weighted by Gasteiger charge is 2.51. The molecular formula is C51H33N. The molecule has 0 saturated carbocycles. The number of para-hydroxylation sites is 2. The number of anilines is 3. The molecular weight excluding hydrogens is 627 g/mol. The highest BCUT2D eigenvalue weighted by atomic mass is 15.1. The normalized spacial score (nSPS) is 13.2. The van der Waals surface area contributed by atoms with Crippen LogP contribution in [0.1, 0.15) is 22.3 Å². The van der Waals surface area contributed by atoms with Crippen LogP contribution in [0.3, 0.4) is 0 Å². The van der Waals surface area contributed by atoms with Gasteiger partial charge in [-0.05, 0) is 126 Å². The number of benzene rings is 9. The van der Waals surface area contributed by atoms with Crippen LogP contribution < -0.4 is 4.90 Å². The summed E-state index contributed by atoms with van der Waals surface area (Å²) in [5, 5.41) is 5.02. The second-order valence-electron chi connectivity index (χ2n) is 14.1. The van der Waals surface area contributed by atoms with E-state index in [1.54, 1.807) is 0 Å². The number of fused-ring (bicyclic) bond motifs is 12. The Labute approximate surface area is 303 Å². The Morgan fingerprint density at radius 2 is 0.788 bits per heavy atom. The van der Waals surface area contributed by atoms with E-state index in [9.17, 15) is 0 Å². The zero-order valence-corrected chi connectivity index (χ0v) is 28.5. The molecule has 2 aliphatic carbocycles. The predicted octanol–water partition coefficient (Wildman–Crippen LogP) is 13.5. The third kappa shape index (κ3) is 4.05. The standard InChI is InChI=1S/C51H33N/c1-3-15-34(16-4-1)41-21-11-14-26-50(41)52(39-19-5-2-6-20-39)40-28-27-37-31-45-44-30-35-17-7-8-18-36(35)32-48(44)51(49(45)33-38(37)29-40)46-24-12-9-22-42(46)43-23-10-13-25-47(43)51/h1-33H. The van der Waals surface area contributed by atoms with E-state index < -0.39 is 5.41 Å². The van der Waals surface area contributed by atoms with Crippen molar-refractivity contribution in [3.05, 3.63) is 222 Å². The summed E-state index contributed by atoms with van der Waals surface area (Å²) in [5.41, 5.74) is 16.1. The van der Waals surface area contributed by atoms with E-state index in [4.69, 9.17) is 0 Å². The first-order chi connectivity index (χ1) is 25.8. The van der Waals surface area contributed by atoms with Gasteiger partial charge in [-0.15, -0.1) is 0 Å². The molecule has 0 N–H and O–H groups in total. The van der Waals surface area contributed by atoms with Gasteiger partial charge in [-0.2, -0.15) is 0 Å². The average Bonchev–Trinajstić information content (AvgIpc) is 3.66. The molecule has 0 unspecified atom stereocenters. The lowest BCUT2D eigenvalue weighted by Crippen LogP contribution is -2.25. The highest BCUT2D eigenvalue weighted by molar-refractivity contribution is 6.04. The molecule has 0 aromatic heterocycles. The van der Waals surface area contributed by atoms with Gasteiger partial charge >= 0.3 is 0 Å². The minimum absolute atomic E-state index is 0.412. The molecule has 52 heavy (non-hydrogen) atoms. The molecule has 242 valence electrons. The first-order valence-corrected chi connectivity index (χ1v) is 18.1. The predicted molar refractivity (Wildman–Crippen MR) is 218 cm³/mol. The van der Waals surface area contributed by atoms with Crippen molar-refractivity contribution in [2.75, 3.05) is 4.90 Å². The van der Waals surface area contributed by atoms with Gasteiger partial charge < -0.3 is 4.90 Å². The first-order valence-electron chi connectivity index (χ1n) is 18.1. The number of nitrogens with zero attached hydrogens (tertiary/aromatic N) is 1. The van der Waals surface area contributed by atoms with Crippen molar-refractivity contribution >= 4 is 38.6 Å². The number of rotatable bonds is 4.